The van der Waals surface area contributed by atoms with Crippen molar-refractivity contribution >= 4 is 17.5 Å². The van der Waals surface area contributed by atoms with Crippen LogP contribution in [0.15, 0.2) is 28.8 Å². The minimum absolute atomic E-state index is 0.00686. The van der Waals surface area contributed by atoms with Gasteiger partial charge in [0.15, 0.2) is 0 Å². The Morgan fingerprint density at radius 1 is 1.39 bits per heavy atom. The second-order valence-electron chi connectivity index (χ2n) is 5.30. The second kappa shape index (κ2) is 8.64. The van der Waals surface area contributed by atoms with Crippen LogP contribution in [0.25, 0.3) is 11.4 Å². The van der Waals surface area contributed by atoms with E-state index in [1.165, 1.54) is 0 Å². The number of rotatable bonds is 8. The van der Waals surface area contributed by atoms with Crippen molar-refractivity contribution in [1.82, 2.24) is 15.5 Å². The topological polar surface area (TPSA) is 77.2 Å². The van der Waals surface area contributed by atoms with Crippen molar-refractivity contribution in [2.24, 2.45) is 0 Å². The molecule has 124 valence electrons. The molecule has 0 saturated carbocycles. The Bertz CT molecular complexity index is 628. The summed E-state index contributed by atoms with van der Waals surface area (Å²) in [5.74, 6) is 1.04. The maximum atomic E-state index is 11.7. The average molecular weight is 338 g/mol. The number of nitrogens with one attached hydrogen (secondary N) is 1. The van der Waals surface area contributed by atoms with Crippen molar-refractivity contribution in [1.29, 1.82) is 0 Å². The summed E-state index contributed by atoms with van der Waals surface area (Å²) < 4.78 is 10.2. The first-order valence-corrected chi connectivity index (χ1v) is 7.83. The largest absolute Gasteiger partial charge is 0.383 e. The summed E-state index contributed by atoms with van der Waals surface area (Å²) in [4.78, 5) is 16.1. The highest BCUT2D eigenvalue weighted by Gasteiger charge is 2.11. The van der Waals surface area contributed by atoms with Gasteiger partial charge in [0.25, 0.3) is 0 Å². The van der Waals surface area contributed by atoms with Crippen LogP contribution in [0.2, 0.25) is 5.02 Å². The summed E-state index contributed by atoms with van der Waals surface area (Å²) in [6, 6.07) is 7.23. The second-order valence-corrected chi connectivity index (χ2v) is 5.73. The van der Waals surface area contributed by atoms with Crippen molar-refractivity contribution in [3.63, 3.8) is 0 Å². The SMILES string of the molecule is COC[C@H](C)NC(=O)CCCc1nc(-c2ccc(Cl)cc2)no1. The van der Waals surface area contributed by atoms with Crippen LogP contribution in [0.4, 0.5) is 0 Å². The van der Waals surface area contributed by atoms with E-state index in [9.17, 15) is 4.79 Å². The quantitative estimate of drug-likeness (QED) is 0.801. The molecule has 0 fully saturated rings. The molecule has 2 aromatic rings. The minimum atomic E-state index is -0.00742. The van der Waals surface area contributed by atoms with Gasteiger partial charge in [-0.1, -0.05) is 16.8 Å². The summed E-state index contributed by atoms with van der Waals surface area (Å²) in [7, 11) is 1.61. The maximum Gasteiger partial charge on any atom is 0.226 e. The molecule has 0 spiro atoms. The van der Waals surface area contributed by atoms with Gasteiger partial charge in [-0.25, -0.2) is 0 Å². The van der Waals surface area contributed by atoms with Gasteiger partial charge in [-0.05, 0) is 37.6 Å². The molecule has 0 radical (unpaired) electrons. The fourth-order valence-electron chi connectivity index (χ4n) is 2.11. The third kappa shape index (κ3) is 5.65. The first kappa shape index (κ1) is 17.4. The van der Waals surface area contributed by atoms with Crippen LogP contribution in [-0.4, -0.2) is 35.8 Å². The zero-order valence-electron chi connectivity index (χ0n) is 13.2. The highest BCUT2D eigenvalue weighted by atomic mass is 35.5. The van der Waals surface area contributed by atoms with Gasteiger partial charge < -0.3 is 14.6 Å². The number of halogens is 1. The van der Waals surface area contributed by atoms with Crippen LogP contribution >= 0.6 is 11.6 Å². The van der Waals surface area contributed by atoms with E-state index < -0.39 is 0 Å². The third-order valence-corrected chi connectivity index (χ3v) is 3.44. The molecule has 7 heteroatoms. The number of methoxy groups -OCH3 is 1. The Balaban J connectivity index is 1.79. The number of amides is 1. The first-order chi connectivity index (χ1) is 11.1. The molecule has 6 nitrogen and oxygen atoms in total. The number of nitrogens with zero attached hydrogens (tertiary/aromatic N) is 2. The van der Waals surface area contributed by atoms with Gasteiger partial charge in [-0.3, -0.25) is 4.79 Å². The van der Waals surface area contributed by atoms with Gasteiger partial charge in [-0.15, -0.1) is 0 Å². The van der Waals surface area contributed by atoms with Crippen LogP contribution in [-0.2, 0) is 16.0 Å². The summed E-state index contributed by atoms with van der Waals surface area (Å²) >= 11 is 5.85. The zero-order valence-corrected chi connectivity index (χ0v) is 14.0. The Morgan fingerprint density at radius 2 is 2.13 bits per heavy atom. The van der Waals surface area contributed by atoms with Crippen LogP contribution in [0.5, 0.6) is 0 Å². The van der Waals surface area contributed by atoms with E-state index in [1.54, 1.807) is 19.2 Å². The first-order valence-electron chi connectivity index (χ1n) is 7.45. The van der Waals surface area contributed by atoms with E-state index in [0.717, 1.165) is 5.56 Å². The lowest BCUT2D eigenvalue weighted by Crippen LogP contribution is -2.35. The molecule has 1 heterocycles. The number of hydrogen-bond donors (Lipinski definition) is 1. The summed E-state index contributed by atoms with van der Waals surface area (Å²) in [5, 5.41) is 7.46. The van der Waals surface area contributed by atoms with E-state index in [-0.39, 0.29) is 11.9 Å². The lowest BCUT2D eigenvalue weighted by atomic mass is 10.2. The lowest BCUT2D eigenvalue weighted by molar-refractivity contribution is -0.122. The normalized spacial score (nSPS) is 12.1. The highest BCUT2D eigenvalue weighted by molar-refractivity contribution is 6.30. The van der Waals surface area contributed by atoms with E-state index in [4.69, 9.17) is 20.9 Å². The number of ether oxygens (including phenoxy) is 1. The fourth-order valence-corrected chi connectivity index (χ4v) is 2.24. The van der Waals surface area contributed by atoms with Crippen molar-refractivity contribution in [3.05, 3.63) is 35.2 Å². The summed E-state index contributed by atoms with van der Waals surface area (Å²) in [6.45, 7) is 2.40. The van der Waals surface area contributed by atoms with Crippen LogP contribution < -0.4 is 5.32 Å². The van der Waals surface area contributed by atoms with Crippen molar-refractivity contribution in [3.8, 4) is 11.4 Å². The Morgan fingerprint density at radius 3 is 2.83 bits per heavy atom. The van der Waals surface area contributed by atoms with Crippen molar-refractivity contribution in [2.75, 3.05) is 13.7 Å². The zero-order chi connectivity index (χ0) is 16.7. The minimum Gasteiger partial charge on any atom is -0.383 e. The number of hydrogen-bond acceptors (Lipinski definition) is 5. The van der Waals surface area contributed by atoms with E-state index in [0.29, 0.717) is 42.6 Å². The average Bonchev–Trinajstić information content (AvgIpc) is 2.97. The molecule has 0 aliphatic carbocycles. The Hall–Kier alpha value is -1.92. The van der Waals surface area contributed by atoms with Crippen LogP contribution in [0.1, 0.15) is 25.7 Å². The molecule has 0 bridgehead atoms. The molecule has 23 heavy (non-hydrogen) atoms. The number of aryl methyl sites for hydroxylation is 1. The predicted molar refractivity (Wildman–Crippen MR) is 87.2 cm³/mol. The Labute approximate surface area is 140 Å². The summed E-state index contributed by atoms with van der Waals surface area (Å²) in [6.07, 6.45) is 1.62. The van der Waals surface area contributed by atoms with Crippen molar-refractivity contribution < 1.29 is 14.1 Å². The predicted octanol–water partition coefficient (Wildman–Crippen LogP) is 2.86. The highest BCUT2D eigenvalue weighted by Crippen LogP contribution is 2.19. The van der Waals surface area contributed by atoms with E-state index in [2.05, 4.69) is 15.5 Å². The molecule has 0 saturated heterocycles. The standard InChI is InChI=1S/C16H20ClN3O3/c1-11(10-22-2)18-14(21)4-3-5-15-19-16(20-23-15)12-6-8-13(17)9-7-12/h6-9,11H,3-5,10H2,1-2H3,(H,18,21)/t11-/m0/s1. The third-order valence-electron chi connectivity index (χ3n) is 3.19. The number of aromatic nitrogens is 2. The maximum absolute atomic E-state index is 11.7. The van der Waals surface area contributed by atoms with Crippen molar-refractivity contribution in [2.45, 2.75) is 32.2 Å². The molecule has 0 aliphatic rings. The molecular weight excluding hydrogens is 318 g/mol. The van der Waals surface area contributed by atoms with E-state index in [1.807, 2.05) is 19.1 Å². The molecule has 2 rings (SSSR count). The van der Waals surface area contributed by atoms with Crippen LogP contribution in [0.3, 0.4) is 0 Å². The molecule has 1 N–H and O–H groups in total. The summed E-state index contributed by atoms with van der Waals surface area (Å²) in [5.41, 5.74) is 0.843. The number of carbonyl (C=O) groups is 1. The van der Waals surface area contributed by atoms with Gasteiger partial charge in [0.05, 0.1) is 6.61 Å². The van der Waals surface area contributed by atoms with Gasteiger partial charge in [0.1, 0.15) is 0 Å². The number of benzene rings is 1. The molecule has 0 unspecified atom stereocenters. The van der Waals surface area contributed by atoms with E-state index >= 15 is 0 Å². The van der Waals surface area contributed by atoms with Gasteiger partial charge in [0.2, 0.25) is 17.6 Å². The molecule has 1 aromatic heterocycles. The number of carbonyl (C=O) groups excluding carboxylic acids is 1. The molecule has 0 aliphatic heterocycles. The van der Waals surface area contributed by atoms with Gasteiger partial charge in [0, 0.05) is 36.6 Å². The molecular formula is C16H20ClN3O3. The van der Waals surface area contributed by atoms with Gasteiger partial charge >= 0.3 is 0 Å². The smallest absolute Gasteiger partial charge is 0.226 e. The monoisotopic (exact) mass is 337 g/mol. The van der Waals surface area contributed by atoms with Crippen LogP contribution in [0, 0.1) is 0 Å². The molecule has 1 amide bonds. The van der Waals surface area contributed by atoms with Gasteiger partial charge in [-0.2, -0.15) is 4.98 Å². The lowest BCUT2D eigenvalue weighted by Gasteiger charge is -2.12. The fraction of sp³-hybridized carbons (Fsp3) is 0.438. The molecule has 1 aromatic carbocycles. The Kier molecular flexibility index (Phi) is 6.55. The molecule has 1 atom stereocenters.